The maximum absolute atomic E-state index is 12.9. The van der Waals surface area contributed by atoms with Gasteiger partial charge in [-0.15, -0.1) is 0 Å². The van der Waals surface area contributed by atoms with Gasteiger partial charge in [-0.05, 0) is 44.6 Å². The molecule has 26 heavy (non-hydrogen) atoms. The zero-order chi connectivity index (χ0) is 19.5. The van der Waals surface area contributed by atoms with Crippen molar-refractivity contribution in [1.82, 2.24) is 9.80 Å². The zero-order valence-corrected chi connectivity index (χ0v) is 17.1. The van der Waals surface area contributed by atoms with Crippen molar-refractivity contribution in [2.24, 2.45) is 5.92 Å². The molecule has 0 aliphatic rings. The number of methoxy groups -OCH3 is 1. The summed E-state index contributed by atoms with van der Waals surface area (Å²) in [6.07, 6.45) is 1.88. The summed E-state index contributed by atoms with van der Waals surface area (Å²) in [5.74, 6) is -0.839. The molecule has 1 aromatic rings. The Labute approximate surface area is 162 Å². The normalized spacial score (nSPS) is 12.1. The Balaban J connectivity index is 2.77. The average molecular weight is 383 g/mol. The number of rotatable bonds is 11. The standard InChI is InChI=1S/C20H31ClN2O3/c1-5-22(6-2)13-9-10-14-23(15-16(3)20(25)26-4)19(24)17-11-7-8-12-18(17)21/h7-8,11-12,16H,5-6,9-10,13-15H2,1-4H3. The molecule has 1 amide bonds. The molecule has 1 unspecified atom stereocenters. The fourth-order valence-electron chi connectivity index (χ4n) is 2.86. The van der Waals surface area contributed by atoms with Crippen molar-refractivity contribution >= 4 is 23.5 Å². The summed E-state index contributed by atoms with van der Waals surface area (Å²) in [6.45, 7) is 10.0. The van der Waals surface area contributed by atoms with Gasteiger partial charge in [-0.3, -0.25) is 9.59 Å². The molecule has 0 bridgehead atoms. The van der Waals surface area contributed by atoms with Crippen LogP contribution in [0.5, 0.6) is 0 Å². The summed E-state index contributed by atoms with van der Waals surface area (Å²) in [5.41, 5.74) is 0.468. The van der Waals surface area contributed by atoms with Gasteiger partial charge in [-0.1, -0.05) is 44.5 Å². The fourth-order valence-corrected chi connectivity index (χ4v) is 3.08. The molecule has 1 rings (SSSR count). The lowest BCUT2D eigenvalue weighted by molar-refractivity contribution is -0.145. The summed E-state index contributed by atoms with van der Waals surface area (Å²) in [5, 5.41) is 0.427. The lowest BCUT2D eigenvalue weighted by Gasteiger charge is -2.26. The van der Waals surface area contributed by atoms with Crippen molar-refractivity contribution in [3.63, 3.8) is 0 Å². The van der Waals surface area contributed by atoms with Crippen molar-refractivity contribution in [2.75, 3.05) is 39.8 Å². The van der Waals surface area contributed by atoms with Crippen LogP contribution in [-0.4, -0.2) is 61.5 Å². The van der Waals surface area contributed by atoms with Gasteiger partial charge in [0, 0.05) is 13.1 Å². The van der Waals surface area contributed by atoms with Crippen LogP contribution >= 0.6 is 11.6 Å². The molecule has 1 aromatic carbocycles. The number of unbranched alkanes of at least 4 members (excludes halogenated alkanes) is 1. The van der Waals surface area contributed by atoms with E-state index in [2.05, 4.69) is 18.7 Å². The Bertz CT molecular complexity index is 576. The molecule has 0 saturated carbocycles. The number of carbonyl (C=O) groups excluding carboxylic acids is 2. The molecule has 0 N–H and O–H groups in total. The van der Waals surface area contributed by atoms with Gasteiger partial charge in [0.25, 0.3) is 5.91 Å². The van der Waals surface area contributed by atoms with E-state index in [4.69, 9.17) is 16.3 Å². The van der Waals surface area contributed by atoms with Crippen LogP contribution in [0.1, 0.15) is 44.0 Å². The van der Waals surface area contributed by atoms with Gasteiger partial charge in [0.1, 0.15) is 0 Å². The highest BCUT2D eigenvalue weighted by molar-refractivity contribution is 6.33. The molecule has 0 heterocycles. The van der Waals surface area contributed by atoms with E-state index in [1.54, 1.807) is 36.1 Å². The van der Waals surface area contributed by atoms with Gasteiger partial charge in [-0.25, -0.2) is 0 Å². The molecular weight excluding hydrogens is 352 g/mol. The van der Waals surface area contributed by atoms with Crippen molar-refractivity contribution in [2.45, 2.75) is 33.6 Å². The second-order valence-electron chi connectivity index (χ2n) is 6.39. The molecule has 0 spiro atoms. The smallest absolute Gasteiger partial charge is 0.310 e. The highest BCUT2D eigenvalue weighted by Gasteiger charge is 2.23. The Kier molecular flexibility index (Phi) is 10.3. The van der Waals surface area contributed by atoms with E-state index in [1.807, 2.05) is 0 Å². The van der Waals surface area contributed by atoms with E-state index in [1.165, 1.54) is 7.11 Å². The summed E-state index contributed by atoms with van der Waals surface area (Å²) < 4.78 is 4.80. The largest absolute Gasteiger partial charge is 0.469 e. The van der Waals surface area contributed by atoms with Gasteiger partial charge in [0.15, 0.2) is 0 Å². The lowest BCUT2D eigenvalue weighted by Crippen LogP contribution is -2.38. The minimum absolute atomic E-state index is 0.144. The molecule has 0 fully saturated rings. The van der Waals surface area contributed by atoms with Crippen LogP contribution in [0.15, 0.2) is 24.3 Å². The van der Waals surface area contributed by atoms with Crippen molar-refractivity contribution in [1.29, 1.82) is 0 Å². The Morgan fingerprint density at radius 2 is 1.73 bits per heavy atom. The van der Waals surface area contributed by atoms with Crippen LogP contribution in [0.25, 0.3) is 0 Å². The number of halogens is 1. The molecule has 0 aliphatic carbocycles. The topological polar surface area (TPSA) is 49.9 Å². The van der Waals surface area contributed by atoms with Crippen LogP contribution in [0.3, 0.4) is 0 Å². The Morgan fingerprint density at radius 1 is 1.12 bits per heavy atom. The quantitative estimate of drug-likeness (QED) is 0.432. The van der Waals surface area contributed by atoms with Gasteiger partial charge in [-0.2, -0.15) is 0 Å². The molecule has 0 aromatic heterocycles. The number of nitrogens with zero attached hydrogens (tertiary/aromatic N) is 2. The minimum Gasteiger partial charge on any atom is -0.469 e. The Hall–Kier alpha value is -1.59. The molecular formula is C20H31ClN2O3. The molecule has 1 atom stereocenters. The third-order valence-corrected chi connectivity index (χ3v) is 4.87. The van der Waals surface area contributed by atoms with Gasteiger partial charge in [0.2, 0.25) is 0 Å². The number of carbonyl (C=O) groups is 2. The van der Waals surface area contributed by atoms with Gasteiger partial charge < -0.3 is 14.5 Å². The van der Waals surface area contributed by atoms with Crippen molar-refractivity contribution < 1.29 is 14.3 Å². The molecule has 0 saturated heterocycles. The molecule has 0 aliphatic heterocycles. The first kappa shape index (κ1) is 22.5. The number of hydrogen-bond acceptors (Lipinski definition) is 4. The molecule has 6 heteroatoms. The van der Waals surface area contributed by atoms with E-state index in [9.17, 15) is 9.59 Å². The minimum atomic E-state index is -0.380. The monoisotopic (exact) mass is 382 g/mol. The molecule has 0 radical (unpaired) electrons. The summed E-state index contributed by atoms with van der Waals surface area (Å²) in [7, 11) is 1.36. The van der Waals surface area contributed by atoms with E-state index < -0.39 is 0 Å². The maximum atomic E-state index is 12.9. The first-order valence-electron chi connectivity index (χ1n) is 9.28. The predicted octanol–water partition coefficient (Wildman–Crippen LogP) is 3.71. The predicted molar refractivity (Wildman–Crippen MR) is 106 cm³/mol. The van der Waals surface area contributed by atoms with Crippen molar-refractivity contribution in [3.8, 4) is 0 Å². The number of benzene rings is 1. The number of esters is 1. The summed E-state index contributed by atoms with van der Waals surface area (Å²) >= 11 is 6.18. The third-order valence-electron chi connectivity index (χ3n) is 4.54. The van der Waals surface area contributed by atoms with Gasteiger partial charge >= 0.3 is 5.97 Å². The zero-order valence-electron chi connectivity index (χ0n) is 16.3. The fraction of sp³-hybridized carbons (Fsp3) is 0.600. The Morgan fingerprint density at radius 3 is 2.31 bits per heavy atom. The first-order valence-corrected chi connectivity index (χ1v) is 9.66. The van der Waals surface area contributed by atoms with Crippen molar-refractivity contribution in [3.05, 3.63) is 34.9 Å². The second kappa shape index (κ2) is 11.9. The van der Waals surface area contributed by atoms with Crippen LogP contribution < -0.4 is 0 Å². The summed E-state index contributed by atoms with van der Waals surface area (Å²) in [6, 6.07) is 7.01. The van der Waals surface area contributed by atoms with E-state index in [0.29, 0.717) is 23.7 Å². The van der Waals surface area contributed by atoms with E-state index in [-0.39, 0.29) is 17.8 Å². The maximum Gasteiger partial charge on any atom is 0.310 e. The number of hydrogen-bond donors (Lipinski definition) is 0. The van der Waals surface area contributed by atoms with Crippen LogP contribution in [0.4, 0.5) is 0 Å². The number of ether oxygens (including phenoxy) is 1. The first-order chi connectivity index (χ1) is 12.4. The molecule has 146 valence electrons. The van der Waals surface area contributed by atoms with Gasteiger partial charge in [0.05, 0.1) is 23.6 Å². The highest BCUT2D eigenvalue weighted by atomic mass is 35.5. The van der Waals surface area contributed by atoms with Crippen LogP contribution in [0.2, 0.25) is 5.02 Å². The third kappa shape index (κ3) is 6.96. The molecule has 5 nitrogen and oxygen atoms in total. The van der Waals surface area contributed by atoms with Crippen LogP contribution in [0, 0.1) is 5.92 Å². The highest BCUT2D eigenvalue weighted by Crippen LogP contribution is 2.18. The van der Waals surface area contributed by atoms with E-state index in [0.717, 1.165) is 32.5 Å². The summed E-state index contributed by atoms with van der Waals surface area (Å²) in [4.78, 5) is 28.8. The SMILES string of the molecule is CCN(CC)CCCCN(CC(C)C(=O)OC)C(=O)c1ccccc1Cl. The second-order valence-corrected chi connectivity index (χ2v) is 6.80. The average Bonchev–Trinajstić information content (AvgIpc) is 2.66. The van der Waals surface area contributed by atoms with Crippen LogP contribution in [-0.2, 0) is 9.53 Å². The lowest BCUT2D eigenvalue weighted by atomic mass is 10.1. The number of amides is 1. The van der Waals surface area contributed by atoms with E-state index >= 15 is 0 Å².